The van der Waals surface area contributed by atoms with Crippen LogP contribution < -0.4 is 5.32 Å². The Morgan fingerprint density at radius 2 is 1.47 bits per heavy atom. The van der Waals surface area contributed by atoms with Crippen molar-refractivity contribution in [2.24, 2.45) is 0 Å². The van der Waals surface area contributed by atoms with Crippen LogP contribution in [0.5, 0.6) is 34.5 Å². The Labute approximate surface area is 242 Å². The van der Waals surface area contributed by atoms with Gasteiger partial charge in [-0.05, 0) is 47.5 Å². The molecule has 7 N–H and O–H groups in total. The highest BCUT2D eigenvalue weighted by Crippen LogP contribution is 2.34. The SMILES string of the molecule is COC(=O)C(Cc1ccc(O)c(O)c1)NC(=O)C(Cc1cc(O)c(O)cc1[N+](=O)[O-])OC(=O)/C=C/c1ccc(O)c(O)c1. The molecule has 0 saturated carbocycles. The number of carbonyl (C=O) groups is 3. The van der Waals surface area contributed by atoms with E-state index in [-0.39, 0.29) is 17.5 Å². The van der Waals surface area contributed by atoms with Crippen molar-refractivity contribution in [2.45, 2.75) is 25.0 Å². The van der Waals surface area contributed by atoms with Crippen LogP contribution in [0.4, 0.5) is 5.69 Å². The molecule has 2 unspecified atom stereocenters. The van der Waals surface area contributed by atoms with Gasteiger partial charge in [0.05, 0.1) is 18.1 Å². The van der Waals surface area contributed by atoms with E-state index in [9.17, 15) is 55.1 Å². The van der Waals surface area contributed by atoms with Crippen LogP contribution in [0.15, 0.2) is 54.6 Å². The summed E-state index contributed by atoms with van der Waals surface area (Å²) in [4.78, 5) is 49.2. The molecule has 226 valence electrons. The Kier molecular flexibility index (Phi) is 9.96. The van der Waals surface area contributed by atoms with Crippen LogP contribution in [0.1, 0.15) is 16.7 Å². The summed E-state index contributed by atoms with van der Waals surface area (Å²) in [6, 6.07) is 7.35. The second-order valence-corrected chi connectivity index (χ2v) is 9.05. The molecule has 0 aromatic heterocycles. The van der Waals surface area contributed by atoms with E-state index < -0.39 is 81.5 Å². The monoisotopic (exact) mass is 598 g/mol. The van der Waals surface area contributed by atoms with E-state index in [1.807, 2.05) is 0 Å². The summed E-state index contributed by atoms with van der Waals surface area (Å²) < 4.78 is 9.99. The average molecular weight is 599 g/mol. The van der Waals surface area contributed by atoms with Gasteiger partial charge in [0.2, 0.25) is 0 Å². The van der Waals surface area contributed by atoms with Crippen molar-refractivity contribution in [3.63, 3.8) is 0 Å². The molecule has 0 bridgehead atoms. The molecule has 0 spiro atoms. The molecule has 15 heteroatoms. The van der Waals surface area contributed by atoms with Crippen LogP contribution in [0, 0.1) is 10.1 Å². The second-order valence-electron chi connectivity index (χ2n) is 9.05. The lowest BCUT2D eigenvalue weighted by molar-refractivity contribution is -0.385. The fourth-order valence-electron chi connectivity index (χ4n) is 3.85. The van der Waals surface area contributed by atoms with Crippen molar-refractivity contribution in [3.05, 3.63) is 81.4 Å². The second kappa shape index (κ2) is 13.6. The number of aromatic hydroxyl groups is 6. The maximum Gasteiger partial charge on any atom is 0.331 e. The maximum atomic E-state index is 13.4. The summed E-state index contributed by atoms with van der Waals surface area (Å²) in [5.41, 5.74) is -0.462. The number of ether oxygens (including phenoxy) is 2. The lowest BCUT2D eigenvalue weighted by Crippen LogP contribution is -2.48. The molecule has 0 heterocycles. The van der Waals surface area contributed by atoms with Gasteiger partial charge in [0, 0.05) is 24.5 Å². The van der Waals surface area contributed by atoms with Crippen LogP contribution in [0.25, 0.3) is 6.08 Å². The Bertz CT molecular complexity index is 1590. The lowest BCUT2D eigenvalue weighted by atomic mass is 10.0. The van der Waals surface area contributed by atoms with Gasteiger partial charge in [-0.15, -0.1) is 0 Å². The van der Waals surface area contributed by atoms with E-state index >= 15 is 0 Å². The summed E-state index contributed by atoms with van der Waals surface area (Å²) in [7, 11) is 1.04. The third kappa shape index (κ3) is 8.26. The van der Waals surface area contributed by atoms with Crippen molar-refractivity contribution >= 4 is 29.6 Å². The molecule has 0 radical (unpaired) electrons. The average Bonchev–Trinajstić information content (AvgIpc) is 2.95. The van der Waals surface area contributed by atoms with E-state index in [0.717, 1.165) is 43.5 Å². The smallest absolute Gasteiger partial charge is 0.331 e. The van der Waals surface area contributed by atoms with Crippen LogP contribution in [-0.4, -0.2) is 72.7 Å². The van der Waals surface area contributed by atoms with E-state index in [2.05, 4.69) is 5.32 Å². The molecule has 3 rings (SSSR count). The Morgan fingerprint density at radius 1 is 0.860 bits per heavy atom. The van der Waals surface area contributed by atoms with E-state index in [0.29, 0.717) is 11.6 Å². The van der Waals surface area contributed by atoms with Gasteiger partial charge in [-0.1, -0.05) is 12.1 Å². The van der Waals surface area contributed by atoms with Gasteiger partial charge in [0.25, 0.3) is 11.6 Å². The van der Waals surface area contributed by atoms with E-state index in [1.54, 1.807) is 0 Å². The number of nitro benzene ring substituents is 1. The van der Waals surface area contributed by atoms with Crippen LogP contribution in [0.2, 0.25) is 0 Å². The molecule has 0 aliphatic rings. The first-order valence-corrected chi connectivity index (χ1v) is 12.3. The van der Waals surface area contributed by atoms with Crippen molar-refractivity contribution in [3.8, 4) is 34.5 Å². The molecule has 3 aromatic rings. The van der Waals surface area contributed by atoms with E-state index in [4.69, 9.17) is 9.47 Å². The van der Waals surface area contributed by atoms with Gasteiger partial charge >= 0.3 is 11.9 Å². The number of phenolic OH excluding ortho intramolecular Hbond substituents is 6. The summed E-state index contributed by atoms with van der Waals surface area (Å²) in [5, 5.41) is 72.0. The van der Waals surface area contributed by atoms with Gasteiger partial charge in [-0.25, -0.2) is 9.59 Å². The normalized spacial score (nSPS) is 12.3. The molecule has 15 nitrogen and oxygen atoms in total. The number of hydrogen-bond donors (Lipinski definition) is 7. The number of nitro groups is 1. The minimum Gasteiger partial charge on any atom is -0.504 e. The molecule has 3 aromatic carbocycles. The van der Waals surface area contributed by atoms with Gasteiger partial charge in [0.15, 0.2) is 40.6 Å². The molecule has 0 aliphatic heterocycles. The number of nitrogens with zero attached hydrogens (tertiary/aromatic N) is 1. The van der Waals surface area contributed by atoms with E-state index in [1.165, 1.54) is 18.2 Å². The third-order valence-corrected chi connectivity index (χ3v) is 6.02. The number of amides is 1. The van der Waals surface area contributed by atoms with Crippen LogP contribution >= 0.6 is 0 Å². The molecule has 1 amide bonds. The van der Waals surface area contributed by atoms with Crippen molar-refractivity contribution in [2.75, 3.05) is 7.11 Å². The number of benzene rings is 3. The van der Waals surface area contributed by atoms with Crippen molar-refractivity contribution in [1.82, 2.24) is 5.32 Å². The first-order chi connectivity index (χ1) is 20.3. The van der Waals surface area contributed by atoms with Gasteiger partial charge < -0.3 is 45.4 Å². The summed E-state index contributed by atoms with van der Waals surface area (Å²) in [6.45, 7) is 0. The molecule has 43 heavy (non-hydrogen) atoms. The standard InChI is InChI=1S/C28H26N2O13/c1-42-28(39)17(8-15-3-6-20(32)22(34)10-15)29-27(38)25(12-16-11-23(35)24(36)13-18(16)30(40)41)43-26(37)7-4-14-2-5-19(31)21(33)9-14/h2-7,9-11,13,17,25,31-36H,8,12H2,1H3,(H,29,38)/b7-4+. The number of rotatable bonds is 11. The number of nitrogens with one attached hydrogen (secondary N) is 1. The molecule has 0 fully saturated rings. The highest BCUT2D eigenvalue weighted by molar-refractivity contribution is 5.92. The maximum absolute atomic E-state index is 13.4. The summed E-state index contributed by atoms with van der Waals surface area (Å²) >= 11 is 0. The summed E-state index contributed by atoms with van der Waals surface area (Å²) in [6.07, 6.45) is -0.736. The van der Waals surface area contributed by atoms with Crippen molar-refractivity contribution < 1.29 is 59.4 Å². The molecule has 0 saturated heterocycles. The minimum absolute atomic E-state index is 0.253. The Balaban J connectivity index is 1.92. The van der Waals surface area contributed by atoms with Crippen LogP contribution in [-0.2, 0) is 36.7 Å². The highest BCUT2D eigenvalue weighted by Gasteiger charge is 2.31. The predicted molar refractivity (Wildman–Crippen MR) is 146 cm³/mol. The molecular formula is C28H26N2O13. The zero-order valence-electron chi connectivity index (χ0n) is 22.3. The Morgan fingerprint density at radius 3 is 2.07 bits per heavy atom. The molecule has 0 aliphatic carbocycles. The topological polar surface area (TPSA) is 246 Å². The fraction of sp³-hybridized carbons (Fsp3) is 0.179. The number of carbonyl (C=O) groups excluding carboxylic acids is 3. The summed E-state index contributed by atoms with van der Waals surface area (Å²) in [5.74, 6) is -6.53. The lowest BCUT2D eigenvalue weighted by Gasteiger charge is -2.22. The van der Waals surface area contributed by atoms with Gasteiger partial charge in [-0.3, -0.25) is 14.9 Å². The number of hydrogen-bond acceptors (Lipinski definition) is 13. The largest absolute Gasteiger partial charge is 0.504 e. The Hall–Kier alpha value is -5.99. The zero-order chi connectivity index (χ0) is 31.8. The molecular weight excluding hydrogens is 572 g/mol. The minimum atomic E-state index is -1.84. The van der Waals surface area contributed by atoms with Crippen molar-refractivity contribution in [1.29, 1.82) is 0 Å². The van der Waals surface area contributed by atoms with Crippen LogP contribution in [0.3, 0.4) is 0 Å². The number of phenols is 6. The molecule has 2 atom stereocenters. The number of methoxy groups -OCH3 is 1. The quantitative estimate of drug-likeness (QED) is 0.0548. The predicted octanol–water partition coefficient (Wildman–Crippen LogP) is 1.90. The zero-order valence-corrected chi connectivity index (χ0v) is 22.3. The number of esters is 2. The fourth-order valence-corrected chi connectivity index (χ4v) is 3.85. The highest BCUT2D eigenvalue weighted by atomic mass is 16.6. The van der Waals surface area contributed by atoms with Gasteiger partial charge in [-0.2, -0.15) is 0 Å². The third-order valence-electron chi connectivity index (χ3n) is 6.02. The first kappa shape index (κ1) is 31.5. The first-order valence-electron chi connectivity index (χ1n) is 12.3. The van der Waals surface area contributed by atoms with Gasteiger partial charge in [0.1, 0.15) is 6.04 Å².